The van der Waals surface area contributed by atoms with Crippen molar-refractivity contribution in [3.05, 3.63) is 42.0 Å². The largest absolute Gasteiger partial charge is 0.508 e. The Hall–Kier alpha value is -0.540. The van der Waals surface area contributed by atoms with Gasteiger partial charge in [-0.05, 0) is 47.6 Å². The summed E-state index contributed by atoms with van der Waals surface area (Å²) in [6.07, 6.45) is 3.88. The van der Waals surface area contributed by atoms with Crippen LogP contribution in [0.2, 0.25) is 0 Å². The minimum absolute atomic E-state index is 0.384. The molecule has 1 aliphatic heterocycles. The number of hydrogen-bond donors (Lipinski definition) is 1. The van der Waals surface area contributed by atoms with Crippen molar-refractivity contribution in [2.75, 3.05) is 11.5 Å². The molecule has 0 aliphatic carbocycles. The van der Waals surface area contributed by atoms with Gasteiger partial charge in [0.1, 0.15) is 5.75 Å². The monoisotopic (exact) mass is 252 g/mol. The van der Waals surface area contributed by atoms with Crippen LogP contribution in [0.25, 0.3) is 0 Å². The fourth-order valence-electron chi connectivity index (χ4n) is 1.75. The van der Waals surface area contributed by atoms with Crippen LogP contribution in [-0.4, -0.2) is 16.6 Å². The van der Waals surface area contributed by atoms with Crippen LogP contribution in [-0.2, 0) is 6.42 Å². The van der Waals surface area contributed by atoms with Crippen LogP contribution in [0, 0.1) is 0 Å². The predicted octanol–water partition coefficient (Wildman–Crippen LogP) is 3.99. The maximum Gasteiger partial charge on any atom is 0.119 e. The molecule has 0 unspecified atom stereocenters. The maximum atomic E-state index is 9.70. The first-order valence-corrected chi connectivity index (χ1v) is 7.57. The molecular formula is C13H16OS2. The van der Waals surface area contributed by atoms with Crippen molar-refractivity contribution in [1.82, 2.24) is 0 Å². The highest BCUT2D eigenvalue weighted by atomic mass is 32.2. The van der Waals surface area contributed by atoms with E-state index in [1.807, 2.05) is 41.7 Å². The highest BCUT2D eigenvalue weighted by Crippen LogP contribution is 2.44. The lowest BCUT2D eigenvalue weighted by Crippen LogP contribution is -2.00. The molecule has 1 fully saturated rings. The first-order valence-electron chi connectivity index (χ1n) is 5.47. The Labute approximate surface area is 105 Å². The molecule has 1 aromatic carbocycles. The topological polar surface area (TPSA) is 20.2 Å². The molecule has 0 amide bonds. The van der Waals surface area contributed by atoms with Gasteiger partial charge in [-0.3, -0.25) is 0 Å². The van der Waals surface area contributed by atoms with Crippen molar-refractivity contribution in [2.24, 2.45) is 0 Å². The van der Waals surface area contributed by atoms with E-state index in [2.05, 4.69) is 12.6 Å². The number of aromatic hydroxyl groups is 1. The van der Waals surface area contributed by atoms with E-state index < -0.39 is 0 Å². The number of phenolic OH excluding ortho intramolecular Hbond substituents is 1. The Morgan fingerprint density at radius 3 is 2.81 bits per heavy atom. The van der Waals surface area contributed by atoms with Gasteiger partial charge < -0.3 is 5.11 Å². The average Bonchev–Trinajstić information content (AvgIpc) is 2.33. The second-order valence-electron chi connectivity index (χ2n) is 3.81. The Kier molecular flexibility index (Phi) is 4.24. The molecule has 0 saturated carbocycles. The van der Waals surface area contributed by atoms with E-state index >= 15 is 0 Å². The standard InChI is InChI=1S/C13H16OS2/c1-2-4-10-9-11(5-6-12(10)14)13-15-7-3-8-16-13/h2,5-6,9,13-14H,1,3-4,7-8H2. The Morgan fingerprint density at radius 2 is 2.12 bits per heavy atom. The molecule has 0 spiro atoms. The Bertz CT molecular complexity index is 370. The molecule has 1 aliphatic rings. The summed E-state index contributed by atoms with van der Waals surface area (Å²) >= 11 is 4.01. The Balaban J connectivity index is 2.20. The third-order valence-corrected chi connectivity index (χ3v) is 5.58. The number of allylic oxidation sites excluding steroid dienone is 1. The van der Waals surface area contributed by atoms with E-state index in [1.54, 1.807) is 0 Å². The van der Waals surface area contributed by atoms with E-state index in [9.17, 15) is 5.11 Å². The number of phenols is 1. The zero-order chi connectivity index (χ0) is 11.4. The predicted molar refractivity (Wildman–Crippen MR) is 74.3 cm³/mol. The third-order valence-electron chi connectivity index (χ3n) is 2.57. The molecule has 0 aromatic heterocycles. The highest BCUT2D eigenvalue weighted by Gasteiger charge is 2.17. The van der Waals surface area contributed by atoms with Crippen molar-refractivity contribution >= 4 is 23.5 Å². The fourth-order valence-corrected chi connectivity index (χ4v) is 4.62. The summed E-state index contributed by atoms with van der Waals surface area (Å²) in [6.45, 7) is 3.72. The maximum absolute atomic E-state index is 9.70. The molecule has 1 aromatic rings. The van der Waals surface area contributed by atoms with Crippen LogP contribution < -0.4 is 0 Å². The first-order chi connectivity index (χ1) is 7.81. The summed E-state index contributed by atoms with van der Waals surface area (Å²) < 4.78 is 0.540. The van der Waals surface area contributed by atoms with Crippen LogP contribution in [0.1, 0.15) is 22.1 Å². The lowest BCUT2D eigenvalue weighted by Gasteiger charge is -2.21. The molecule has 0 bridgehead atoms. The van der Waals surface area contributed by atoms with Crippen molar-refractivity contribution in [3.8, 4) is 5.75 Å². The summed E-state index contributed by atoms with van der Waals surface area (Å²) in [7, 11) is 0. The summed E-state index contributed by atoms with van der Waals surface area (Å²) in [5.74, 6) is 2.87. The third kappa shape index (κ3) is 2.77. The molecule has 0 radical (unpaired) electrons. The van der Waals surface area contributed by atoms with E-state index in [1.165, 1.54) is 23.5 Å². The quantitative estimate of drug-likeness (QED) is 0.821. The van der Waals surface area contributed by atoms with E-state index in [-0.39, 0.29) is 0 Å². The van der Waals surface area contributed by atoms with Crippen LogP contribution in [0.15, 0.2) is 30.9 Å². The van der Waals surface area contributed by atoms with Gasteiger partial charge in [0.2, 0.25) is 0 Å². The molecule has 1 N–H and O–H groups in total. The number of benzene rings is 1. The van der Waals surface area contributed by atoms with Crippen molar-refractivity contribution in [1.29, 1.82) is 0 Å². The summed E-state index contributed by atoms with van der Waals surface area (Å²) in [5.41, 5.74) is 2.31. The molecule has 2 rings (SSSR count). The smallest absolute Gasteiger partial charge is 0.119 e. The van der Waals surface area contributed by atoms with E-state index in [0.29, 0.717) is 10.3 Å². The highest BCUT2D eigenvalue weighted by molar-refractivity contribution is 8.16. The van der Waals surface area contributed by atoms with Gasteiger partial charge in [-0.25, -0.2) is 0 Å². The van der Waals surface area contributed by atoms with Gasteiger partial charge in [0.25, 0.3) is 0 Å². The summed E-state index contributed by atoms with van der Waals surface area (Å²) in [6, 6.07) is 5.97. The van der Waals surface area contributed by atoms with Crippen LogP contribution >= 0.6 is 23.5 Å². The SMILES string of the molecule is C=CCc1cc(C2SCCCS2)ccc1O. The molecule has 1 heterocycles. The van der Waals surface area contributed by atoms with Crippen LogP contribution in [0.3, 0.4) is 0 Å². The van der Waals surface area contributed by atoms with Gasteiger partial charge in [0, 0.05) is 0 Å². The second kappa shape index (κ2) is 5.69. The number of hydrogen-bond acceptors (Lipinski definition) is 3. The van der Waals surface area contributed by atoms with Crippen LogP contribution in [0.4, 0.5) is 0 Å². The summed E-state index contributed by atoms with van der Waals surface area (Å²) in [4.78, 5) is 0. The molecule has 16 heavy (non-hydrogen) atoms. The molecule has 1 saturated heterocycles. The lowest BCUT2D eigenvalue weighted by molar-refractivity contribution is 0.469. The molecule has 86 valence electrons. The zero-order valence-electron chi connectivity index (χ0n) is 9.19. The van der Waals surface area contributed by atoms with Gasteiger partial charge in [0.15, 0.2) is 0 Å². The van der Waals surface area contributed by atoms with E-state index in [0.717, 1.165) is 12.0 Å². The van der Waals surface area contributed by atoms with Gasteiger partial charge in [-0.2, -0.15) is 0 Å². The summed E-state index contributed by atoms with van der Waals surface area (Å²) in [5, 5.41) is 9.70. The molecular weight excluding hydrogens is 236 g/mol. The second-order valence-corrected chi connectivity index (χ2v) is 6.53. The molecule has 0 atom stereocenters. The number of rotatable bonds is 3. The molecule has 1 nitrogen and oxygen atoms in total. The minimum atomic E-state index is 0.384. The zero-order valence-corrected chi connectivity index (χ0v) is 10.8. The van der Waals surface area contributed by atoms with Crippen molar-refractivity contribution < 1.29 is 5.11 Å². The van der Waals surface area contributed by atoms with Gasteiger partial charge >= 0.3 is 0 Å². The van der Waals surface area contributed by atoms with Crippen LogP contribution in [0.5, 0.6) is 5.75 Å². The van der Waals surface area contributed by atoms with Gasteiger partial charge in [0.05, 0.1) is 4.58 Å². The van der Waals surface area contributed by atoms with E-state index in [4.69, 9.17) is 0 Å². The normalized spacial score (nSPS) is 17.2. The Morgan fingerprint density at radius 1 is 1.38 bits per heavy atom. The van der Waals surface area contributed by atoms with Gasteiger partial charge in [-0.1, -0.05) is 12.1 Å². The average molecular weight is 252 g/mol. The molecule has 3 heteroatoms. The van der Waals surface area contributed by atoms with Crippen molar-refractivity contribution in [3.63, 3.8) is 0 Å². The first kappa shape index (κ1) is 11.9. The number of thioether (sulfide) groups is 2. The van der Waals surface area contributed by atoms with Gasteiger partial charge in [-0.15, -0.1) is 30.1 Å². The fraction of sp³-hybridized carbons (Fsp3) is 0.385. The lowest BCUT2D eigenvalue weighted by atomic mass is 10.1. The minimum Gasteiger partial charge on any atom is -0.508 e. The van der Waals surface area contributed by atoms with Crippen molar-refractivity contribution in [2.45, 2.75) is 17.4 Å².